The van der Waals surface area contributed by atoms with Gasteiger partial charge in [0, 0.05) is 12.6 Å². The summed E-state index contributed by atoms with van der Waals surface area (Å²) in [5.74, 6) is 0.843. The molecule has 0 spiro atoms. The molecule has 0 bridgehead atoms. The van der Waals surface area contributed by atoms with E-state index in [9.17, 15) is 18.0 Å². The van der Waals surface area contributed by atoms with Gasteiger partial charge in [0.1, 0.15) is 5.60 Å². The molecule has 0 radical (unpaired) electrons. The van der Waals surface area contributed by atoms with E-state index < -0.39 is 23.4 Å². The third-order valence-corrected chi connectivity index (χ3v) is 3.23. The minimum absolute atomic E-state index is 0.0824. The molecule has 0 saturated heterocycles. The lowest BCUT2D eigenvalue weighted by atomic mass is 10.1. The lowest BCUT2D eigenvalue weighted by molar-refractivity contribution is -0.137. The molecule has 0 atom stereocenters. The van der Waals surface area contributed by atoms with Crippen LogP contribution in [-0.4, -0.2) is 26.5 Å². The van der Waals surface area contributed by atoms with Gasteiger partial charge >= 0.3 is 12.3 Å². The van der Waals surface area contributed by atoms with Crippen molar-refractivity contribution in [3.63, 3.8) is 0 Å². The third-order valence-electron chi connectivity index (χ3n) is 3.23. The minimum atomic E-state index is -4.39. The highest BCUT2D eigenvalue weighted by molar-refractivity contribution is 5.67. The Bertz CT molecular complexity index is 746. The van der Waals surface area contributed by atoms with Crippen LogP contribution in [0, 0.1) is 0 Å². The Labute approximate surface area is 143 Å². The minimum Gasteiger partial charge on any atom is -0.444 e. The Hall–Kier alpha value is -2.58. The Morgan fingerprint density at radius 1 is 1.16 bits per heavy atom. The third kappa shape index (κ3) is 4.94. The fraction of sp³-hybridized carbons (Fsp3) is 0.438. The van der Waals surface area contributed by atoms with Crippen LogP contribution < -0.4 is 5.32 Å². The van der Waals surface area contributed by atoms with E-state index >= 15 is 0 Å². The monoisotopic (exact) mass is 356 g/mol. The van der Waals surface area contributed by atoms with Gasteiger partial charge < -0.3 is 14.6 Å². The molecule has 1 heterocycles. The summed E-state index contributed by atoms with van der Waals surface area (Å²) in [7, 11) is 1.67. The lowest BCUT2D eigenvalue weighted by Crippen LogP contribution is -2.32. The second kappa shape index (κ2) is 6.73. The normalized spacial score (nSPS) is 12.1. The number of aromatic nitrogens is 3. The molecule has 136 valence electrons. The zero-order valence-corrected chi connectivity index (χ0v) is 14.3. The first-order valence-electron chi connectivity index (χ1n) is 7.50. The summed E-state index contributed by atoms with van der Waals surface area (Å²) >= 11 is 0. The van der Waals surface area contributed by atoms with Crippen LogP contribution in [0.1, 0.15) is 32.2 Å². The predicted molar refractivity (Wildman–Crippen MR) is 84.5 cm³/mol. The molecule has 0 fully saturated rings. The molecule has 0 saturated carbocycles. The number of hydrogen-bond donors (Lipinski definition) is 1. The summed E-state index contributed by atoms with van der Waals surface area (Å²) in [5.41, 5.74) is -0.855. The molecule has 1 aromatic carbocycles. The molecule has 1 N–H and O–H groups in total. The van der Waals surface area contributed by atoms with E-state index in [0.29, 0.717) is 17.2 Å². The SMILES string of the molecule is Cn1c(CNC(=O)OC(C)(C)C)nnc1-c1ccc(C(F)(F)F)cc1. The summed E-state index contributed by atoms with van der Waals surface area (Å²) < 4.78 is 44.6. The van der Waals surface area contributed by atoms with Crippen LogP contribution in [0.15, 0.2) is 24.3 Å². The van der Waals surface area contributed by atoms with Crippen molar-refractivity contribution in [2.75, 3.05) is 0 Å². The van der Waals surface area contributed by atoms with E-state index in [0.717, 1.165) is 12.1 Å². The van der Waals surface area contributed by atoms with Crippen LogP contribution in [0.3, 0.4) is 0 Å². The molecule has 25 heavy (non-hydrogen) atoms. The molecule has 2 aromatic rings. The number of rotatable bonds is 3. The van der Waals surface area contributed by atoms with Crippen LogP contribution in [-0.2, 0) is 24.5 Å². The number of alkyl carbamates (subject to hydrolysis) is 1. The van der Waals surface area contributed by atoms with Crippen molar-refractivity contribution in [2.24, 2.45) is 7.05 Å². The lowest BCUT2D eigenvalue weighted by Gasteiger charge is -2.19. The summed E-state index contributed by atoms with van der Waals surface area (Å²) in [6.45, 7) is 5.33. The van der Waals surface area contributed by atoms with E-state index in [4.69, 9.17) is 4.74 Å². The molecule has 0 aliphatic heterocycles. The molecule has 0 unspecified atom stereocenters. The van der Waals surface area contributed by atoms with Gasteiger partial charge in [-0.15, -0.1) is 10.2 Å². The maximum absolute atomic E-state index is 12.6. The van der Waals surface area contributed by atoms with Crippen molar-refractivity contribution in [1.29, 1.82) is 0 Å². The largest absolute Gasteiger partial charge is 0.444 e. The molecular formula is C16H19F3N4O2. The zero-order valence-electron chi connectivity index (χ0n) is 14.3. The van der Waals surface area contributed by atoms with Crippen LogP contribution in [0.2, 0.25) is 0 Å². The fourth-order valence-electron chi connectivity index (χ4n) is 2.04. The second-order valence-electron chi connectivity index (χ2n) is 6.43. The molecule has 1 amide bonds. The number of ether oxygens (including phenoxy) is 1. The number of nitrogens with zero attached hydrogens (tertiary/aromatic N) is 3. The average molecular weight is 356 g/mol. The van der Waals surface area contributed by atoms with Gasteiger partial charge in [-0.3, -0.25) is 0 Å². The smallest absolute Gasteiger partial charge is 0.416 e. The van der Waals surface area contributed by atoms with E-state index in [1.165, 1.54) is 12.1 Å². The van der Waals surface area contributed by atoms with E-state index in [1.807, 2.05) is 0 Å². The van der Waals surface area contributed by atoms with Crippen molar-refractivity contribution in [3.05, 3.63) is 35.7 Å². The Balaban J connectivity index is 2.09. The van der Waals surface area contributed by atoms with Gasteiger partial charge in [-0.1, -0.05) is 12.1 Å². The predicted octanol–water partition coefficient (Wildman–Crippen LogP) is 3.53. The van der Waals surface area contributed by atoms with Gasteiger partial charge in [-0.05, 0) is 32.9 Å². The summed E-state index contributed by atoms with van der Waals surface area (Å²) in [4.78, 5) is 11.7. The molecule has 1 aromatic heterocycles. The second-order valence-corrected chi connectivity index (χ2v) is 6.43. The summed E-state index contributed by atoms with van der Waals surface area (Å²) in [6.07, 6.45) is -4.98. The van der Waals surface area contributed by atoms with Crippen molar-refractivity contribution in [2.45, 2.75) is 39.1 Å². The number of nitrogens with one attached hydrogen (secondary N) is 1. The van der Waals surface area contributed by atoms with Gasteiger partial charge in [-0.2, -0.15) is 13.2 Å². The number of carbonyl (C=O) groups excluding carboxylic acids is 1. The number of carbonyl (C=O) groups is 1. The summed E-state index contributed by atoms with van der Waals surface area (Å²) in [6, 6.07) is 4.64. The quantitative estimate of drug-likeness (QED) is 0.914. The van der Waals surface area contributed by atoms with Crippen LogP contribution in [0.5, 0.6) is 0 Å². The van der Waals surface area contributed by atoms with E-state index in [2.05, 4.69) is 15.5 Å². The highest BCUT2D eigenvalue weighted by atomic mass is 19.4. The summed E-state index contributed by atoms with van der Waals surface area (Å²) in [5, 5.41) is 10.5. The molecular weight excluding hydrogens is 337 g/mol. The Morgan fingerprint density at radius 2 is 1.76 bits per heavy atom. The first-order valence-corrected chi connectivity index (χ1v) is 7.50. The zero-order chi connectivity index (χ0) is 18.8. The molecule has 2 rings (SSSR count). The van der Waals surface area contributed by atoms with Gasteiger partial charge in [0.15, 0.2) is 11.6 Å². The maximum atomic E-state index is 12.6. The van der Waals surface area contributed by atoms with Crippen LogP contribution in [0.25, 0.3) is 11.4 Å². The van der Waals surface area contributed by atoms with Crippen molar-refractivity contribution in [3.8, 4) is 11.4 Å². The number of benzene rings is 1. The number of halogens is 3. The average Bonchev–Trinajstić information content (AvgIpc) is 2.84. The highest BCUT2D eigenvalue weighted by Gasteiger charge is 2.30. The van der Waals surface area contributed by atoms with E-state index in [-0.39, 0.29) is 6.54 Å². The van der Waals surface area contributed by atoms with E-state index in [1.54, 1.807) is 32.4 Å². The van der Waals surface area contributed by atoms with Crippen molar-refractivity contribution < 1.29 is 22.7 Å². The number of amides is 1. The van der Waals surface area contributed by atoms with Crippen LogP contribution >= 0.6 is 0 Å². The fourth-order valence-corrected chi connectivity index (χ4v) is 2.04. The molecule has 9 heteroatoms. The highest BCUT2D eigenvalue weighted by Crippen LogP contribution is 2.30. The topological polar surface area (TPSA) is 69.0 Å². The Kier molecular flexibility index (Phi) is 5.05. The maximum Gasteiger partial charge on any atom is 0.416 e. The van der Waals surface area contributed by atoms with Gasteiger partial charge in [0.2, 0.25) is 0 Å². The van der Waals surface area contributed by atoms with Crippen LogP contribution in [0.4, 0.5) is 18.0 Å². The Morgan fingerprint density at radius 3 is 2.28 bits per heavy atom. The van der Waals surface area contributed by atoms with Crippen molar-refractivity contribution >= 4 is 6.09 Å². The molecule has 0 aliphatic carbocycles. The first kappa shape index (κ1) is 18.8. The standard InChI is InChI=1S/C16H19F3N4O2/c1-15(2,3)25-14(24)20-9-12-21-22-13(23(12)4)10-5-7-11(8-6-10)16(17,18)19/h5-8H,9H2,1-4H3,(H,20,24). The molecule has 0 aliphatic rings. The molecule has 6 nitrogen and oxygen atoms in total. The van der Waals surface area contributed by atoms with Gasteiger partial charge in [0.05, 0.1) is 12.1 Å². The first-order chi connectivity index (χ1) is 11.5. The van der Waals surface area contributed by atoms with Gasteiger partial charge in [0.25, 0.3) is 0 Å². The number of alkyl halides is 3. The van der Waals surface area contributed by atoms with Crippen molar-refractivity contribution in [1.82, 2.24) is 20.1 Å². The number of hydrogen-bond acceptors (Lipinski definition) is 4. The van der Waals surface area contributed by atoms with Gasteiger partial charge in [-0.25, -0.2) is 4.79 Å².